The van der Waals surface area contributed by atoms with E-state index in [2.05, 4.69) is 63.8 Å². The van der Waals surface area contributed by atoms with Crippen LogP contribution in [0.15, 0.2) is 35.6 Å². The fourth-order valence-corrected chi connectivity index (χ4v) is 2.11. The molecule has 0 aromatic carbocycles. The number of unbranched alkanes of at least 4 members (excludes halogenated alkanes) is 1. The van der Waals surface area contributed by atoms with Crippen molar-refractivity contribution in [3.8, 4) is 0 Å². The van der Waals surface area contributed by atoms with E-state index in [4.69, 9.17) is 0 Å². The topological polar surface area (TPSA) is 3.24 Å². The first-order valence-corrected chi connectivity index (χ1v) is 7.48. The van der Waals surface area contributed by atoms with Gasteiger partial charge in [0.05, 0.1) is 0 Å². The second-order valence-electron chi connectivity index (χ2n) is 4.59. The number of nitrogens with zero attached hydrogens (tertiary/aromatic N) is 1. The summed E-state index contributed by atoms with van der Waals surface area (Å²) in [5, 5.41) is 0. The third-order valence-electron chi connectivity index (χ3n) is 3.12. The van der Waals surface area contributed by atoms with Crippen LogP contribution in [0.2, 0.25) is 0 Å². The quantitative estimate of drug-likeness (QED) is 0.500. The number of hydrogen-bond acceptors (Lipinski definition) is 1. The molecule has 0 atom stereocenters. The predicted molar refractivity (Wildman–Crippen MR) is 83.7 cm³/mol. The van der Waals surface area contributed by atoms with Gasteiger partial charge in [-0.3, -0.25) is 0 Å². The average molecular weight is 249 g/mol. The maximum Gasteiger partial charge on any atom is 0.0395 e. The molecule has 0 saturated heterocycles. The van der Waals surface area contributed by atoms with Crippen molar-refractivity contribution in [3.05, 3.63) is 35.6 Å². The minimum atomic E-state index is 1.10. The number of allylic oxidation sites excluding steroid dienone is 5. The lowest BCUT2D eigenvalue weighted by molar-refractivity contribution is 0.342. The Hall–Kier alpha value is -0.980. The maximum atomic E-state index is 2.54. The molecule has 1 heteroatoms. The molecule has 0 spiro atoms. The lowest BCUT2D eigenvalue weighted by Gasteiger charge is -2.28. The first-order chi connectivity index (χ1) is 8.74. The minimum absolute atomic E-state index is 1.10. The molecule has 0 bridgehead atoms. The van der Waals surface area contributed by atoms with Gasteiger partial charge in [-0.15, -0.1) is 0 Å². The van der Waals surface area contributed by atoms with Crippen molar-refractivity contribution >= 4 is 0 Å². The summed E-state index contributed by atoms with van der Waals surface area (Å²) in [6.07, 6.45) is 13.6. The summed E-state index contributed by atoms with van der Waals surface area (Å²) < 4.78 is 0. The van der Waals surface area contributed by atoms with E-state index in [9.17, 15) is 0 Å². The van der Waals surface area contributed by atoms with Gasteiger partial charge in [-0.2, -0.15) is 0 Å². The first kappa shape index (κ1) is 17.0. The van der Waals surface area contributed by atoms with Crippen molar-refractivity contribution in [1.82, 2.24) is 4.90 Å². The van der Waals surface area contributed by atoms with Gasteiger partial charge in [-0.05, 0) is 44.8 Å². The minimum Gasteiger partial charge on any atom is -0.371 e. The van der Waals surface area contributed by atoms with Crippen LogP contribution < -0.4 is 0 Å². The number of rotatable bonds is 9. The van der Waals surface area contributed by atoms with Crippen LogP contribution in [0, 0.1) is 0 Å². The summed E-state index contributed by atoms with van der Waals surface area (Å²) in [6.45, 7) is 13.3. The van der Waals surface area contributed by atoms with Gasteiger partial charge < -0.3 is 4.90 Å². The molecular formula is C17H31N. The fraction of sp³-hybridized carbons (Fsp3) is 0.647. The van der Waals surface area contributed by atoms with Gasteiger partial charge in [-0.25, -0.2) is 0 Å². The third kappa shape index (κ3) is 6.09. The molecule has 0 aliphatic rings. The van der Waals surface area contributed by atoms with Gasteiger partial charge in [-0.1, -0.05) is 45.4 Å². The zero-order valence-corrected chi connectivity index (χ0v) is 13.0. The lowest BCUT2D eigenvalue weighted by atomic mass is 10.1. The summed E-state index contributed by atoms with van der Waals surface area (Å²) in [6, 6.07) is 0. The highest BCUT2D eigenvalue weighted by Gasteiger charge is 2.10. The largest absolute Gasteiger partial charge is 0.371 e. The molecule has 1 nitrogen and oxygen atoms in total. The Balaban J connectivity index is 5.08. The van der Waals surface area contributed by atoms with Crippen LogP contribution in [0.3, 0.4) is 0 Å². The molecule has 0 aliphatic carbocycles. The van der Waals surface area contributed by atoms with E-state index >= 15 is 0 Å². The Bertz CT molecular complexity index is 284. The van der Waals surface area contributed by atoms with E-state index in [1.807, 2.05) is 0 Å². The average Bonchev–Trinajstić information content (AvgIpc) is 2.40. The highest BCUT2D eigenvalue weighted by molar-refractivity contribution is 5.32. The molecule has 0 N–H and O–H groups in total. The van der Waals surface area contributed by atoms with Crippen LogP contribution in [-0.4, -0.2) is 18.0 Å². The summed E-state index contributed by atoms with van der Waals surface area (Å²) in [5.41, 5.74) is 2.87. The monoisotopic (exact) mass is 249 g/mol. The predicted octanol–water partition coefficient (Wildman–Crippen LogP) is 5.31. The summed E-state index contributed by atoms with van der Waals surface area (Å²) >= 11 is 0. The Kier molecular flexibility index (Phi) is 10.5. The molecule has 0 heterocycles. The Morgan fingerprint density at radius 2 is 1.72 bits per heavy atom. The van der Waals surface area contributed by atoms with Crippen molar-refractivity contribution in [2.45, 2.75) is 60.3 Å². The van der Waals surface area contributed by atoms with E-state index in [-0.39, 0.29) is 0 Å². The molecule has 0 unspecified atom stereocenters. The molecule has 18 heavy (non-hydrogen) atoms. The zero-order valence-electron chi connectivity index (χ0n) is 13.0. The van der Waals surface area contributed by atoms with Gasteiger partial charge >= 0.3 is 0 Å². The smallest absolute Gasteiger partial charge is 0.0395 e. The maximum absolute atomic E-state index is 2.54. The van der Waals surface area contributed by atoms with E-state index in [0.29, 0.717) is 0 Å². The van der Waals surface area contributed by atoms with Gasteiger partial charge in [0, 0.05) is 18.8 Å². The van der Waals surface area contributed by atoms with Crippen molar-refractivity contribution in [2.75, 3.05) is 13.1 Å². The van der Waals surface area contributed by atoms with Gasteiger partial charge in [0.15, 0.2) is 0 Å². The fourth-order valence-electron chi connectivity index (χ4n) is 2.11. The molecular weight excluding hydrogens is 218 g/mol. The second-order valence-corrected chi connectivity index (χ2v) is 4.59. The number of hydrogen-bond donors (Lipinski definition) is 0. The lowest BCUT2D eigenvalue weighted by Crippen LogP contribution is -2.26. The van der Waals surface area contributed by atoms with Crippen molar-refractivity contribution in [3.63, 3.8) is 0 Å². The summed E-state index contributed by atoms with van der Waals surface area (Å²) in [7, 11) is 0. The second kappa shape index (κ2) is 11.1. The third-order valence-corrected chi connectivity index (χ3v) is 3.12. The zero-order chi connectivity index (χ0) is 13.8. The molecule has 104 valence electrons. The van der Waals surface area contributed by atoms with Crippen LogP contribution >= 0.6 is 0 Å². The molecule has 0 radical (unpaired) electrons. The Labute approximate surface area is 114 Å². The van der Waals surface area contributed by atoms with E-state index in [0.717, 1.165) is 13.0 Å². The summed E-state index contributed by atoms with van der Waals surface area (Å²) in [5.74, 6) is 0. The van der Waals surface area contributed by atoms with Crippen molar-refractivity contribution in [1.29, 1.82) is 0 Å². The molecule has 0 amide bonds. The summed E-state index contributed by atoms with van der Waals surface area (Å²) in [4.78, 5) is 2.54. The molecule has 0 fully saturated rings. The van der Waals surface area contributed by atoms with Crippen LogP contribution in [0.25, 0.3) is 0 Å². The standard InChI is InChI=1S/C17H31N/c1-6-11-13-17(16(9-4)10-5)18(14-8-3)15-12-7-2/h6,9,11,13H,7-8,10,12,14-15H2,1-5H3/b11-6-,16-9-,17-13+. The molecule has 0 aromatic heterocycles. The Morgan fingerprint density at radius 1 is 1.00 bits per heavy atom. The first-order valence-electron chi connectivity index (χ1n) is 7.48. The van der Waals surface area contributed by atoms with Gasteiger partial charge in [0.2, 0.25) is 0 Å². The van der Waals surface area contributed by atoms with E-state index in [1.54, 1.807) is 0 Å². The normalized spacial score (nSPS) is 13.4. The van der Waals surface area contributed by atoms with Gasteiger partial charge in [0.1, 0.15) is 0 Å². The van der Waals surface area contributed by atoms with E-state index in [1.165, 1.54) is 37.1 Å². The van der Waals surface area contributed by atoms with Crippen LogP contribution in [0.4, 0.5) is 0 Å². The van der Waals surface area contributed by atoms with Crippen LogP contribution in [-0.2, 0) is 0 Å². The van der Waals surface area contributed by atoms with E-state index < -0.39 is 0 Å². The SMILES string of the molecule is C\C=C/C=C(\C(=C/C)CC)N(CCC)CCCC. The Morgan fingerprint density at radius 3 is 2.17 bits per heavy atom. The van der Waals surface area contributed by atoms with Crippen LogP contribution in [0.5, 0.6) is 0 Å². The van der Waals surface area contributed by atoms with Crippen LogP contribution in [0.1, 0.15) is 60.3 Å². The highest BCUT2D eigenvalue weighted by Crippen LogP contribution is 2.20. The van der Waals surface area contributed by atoms with Crippen molar-refractivity contribution in [2.24, 2.45) is 0 Å². The molecule has 0 rings (SSSR count). The van der Waals surface area contributed by atoms with Crippen molar-refractivity contribution < 1.29 is 0 Å². The molecule has 0 aliphatic heterocycles. The highest BCUT2D eigenvalue weighted by atomic mass is 15.1. The molecule has 0 saturated carbocycles. The van der Waals surface area contributed by atoms with Gasteiger partial charge in [0.25, 0.3) is 0 Å². The molecule has 0 aromatic rings.